The number of hydrogen-bond acceptors (Lipinski definition) is 2. The zero-order valence-electron chi connectivity index (χ0n) is 1.84. The van der Waals surface area contributed by atoms with Crippen molar-refractivity contribution in [2.45, 2.75) is 0 Å². The third-order valence-corrected chi connectivity index (χ3v) is 0.387. The largest absolute Gasteiger partial charge is 0.269 e. The highest BCUT2D eigenvalue weighted by atomic mass is 32.1. The monoisotopic (exact) mass is 91.9 g/mol. The van der Waals surface area contributed by atoms with Gasteiger partial charge in [-0.05, 0) is 0 Å². The molecule has 0 saturated heterocycles. The van der Waals surface area contributed by atoms with Crippen LogP contribution in [0, 0.1) is 0 Å². The van der Waals surface area contributed by atoms with Crippen LogP contribution in [0.4, 0.5) is 0 Å². The van der Waals surface area contributed by atoms with Crippen molar-refractivity contribution in [2.75, 3.05) is 0 Å². The zero-order chi connectivity index (χ0) is 3.41. The van der Waals surface area contributed by atoms with Crippen LogP contribution >= 0.6 is 20.7 Å². The van der Waals surface area contributed by atoms with Gasteiger partial charge in [0, 0.05) is 0 Å². The molecular weight excluding hydrogens is 91.1 g/mol. The van der Waals surface area contributed by atoms with Gasteiger partial charge in [0.25, 0.3) is 0 Å². The number of hydrogen-bond donors (Lipinski definition) is 0. The van der Waals surface area contributed by atoms with Crippen molar-refractivity contribution in [1.29, 1.82) is 0 Å². The molecule has 0 aromatic heterocycles. The molecule has 0 aromatic carbocycles. The highest BCUT2D eigenvalue weighted by Gasteiger charge is 1.44. The molecule has 0 saturated carbocycles. The predicted octanol–water partition coefficient (Wildman–Crippen LogP) is 1.24. The van der Waals surface area contributed by atoms with Crippen LogP contribution < -0.4 is 0 Å². The maximum atomic E-state index is 9.11. The Morgan fingerprint density at radius 2 is 2.25 bits per heavy atom. The van der Waals surface area contributed by atoms with Crippen molar-refractivity contribution in [3.05, 3.63) is 0 Å². The van der Waals surface area contributed by atoms with E-state index in [1.807, 2.05) is 0 Å². The topological polar surface area (TPSA) is 17.1 Å². The molecular formula is CHOPS. The van der Waals surface area contributed by atoms with Crippen LogP contribution in [0.15, 0.2) is 0 Å². The van der Waals surface area contributed by atoms with E-state index >= 15 is 0 Å². The van der Waals surface area contributed by atoms with E-state index < -0.39 is 0 Å². The van der Waals surface area contributed by atoms with E-state index in [0.29, 0.717) is 0 Å². The molecule has 0 N–H and O–H groups in total. The average molecular weight is 92.1 g/mol. The van der Waals surface area contributed by atoms with E-state index in [1.165, 1.54) is 0 Å². The zero-order valence-corrected chi connectivity index (χ0v) is 3.55. The first-order chi connectivity index (χ1) is 1.91. The Hall–Kier alpha value is 0.190. The van der Waals surface area contributed by atoms with Crippen LogP contribution in [0.25, 0.3) is 0 Å². The van der Waals surface area contributed by atoms with Crippen LogP contribution in [0.5, 0.6) is 0 Å². The van der Waals surface area contributed by atoms with Crippen LogP contribution in [-0.4, -0.2) is 5.11 Å². The van der Waals surface area contributed by atoms with Crippen molar-refractivity contribution in [1.82, 2.24) is 0 Å². The van der Waals surface area contributed by atoms with Gasteiger partial charge in [0.15, 0.2) is 8.46 Å². The van der Waals surface area contributed by atoms with Crippen LogP contribution in [0.2, 0.25) is 0 Å². The van der Waals surface area contributed by atoms with E-state index in [9.17, 15) is 0 Å². The molecule has 0 fully saturated rings. The van der Waals surface area contributed by atoms with E-state index in [2.05, 4.69) is 12.2 Å². The summed E-state index contributed by atoms with van der Waals surface area (Å²) < 4.78 is 9.11. The summed E-state index contributed by atoms with van der Waals surface area (Å²) in [5.41, 5.74) is 0. The predicted molar refractivity (Wildman–Crippen MR) is 21.3 cm³/mol. The minimum atomic E-state index is -0.0617. The first-order valence-corrected chi connectivity index (χ1v) is 2.03. The summed E-state index contributed by atoms with van der Waals surface area (Å²) in [4.78, 5) is 0. The second-order valence-electron chi connectivity index (χ2n) is 0.211. The average Bonchev–Trinajstić information content (AvgIpc) is 1.37. The van der Waals surface area contributed by atoms with E-state index in [0.717, 1.165) is 5.11 Å². The lowest BCUT2D eigenvalue weighted by Gasteiger charge is -1.31. The van der Waals surface area contributed by atoms with E-state index in [1.54, 1.807) is 0 Å². The molecule has 1 nitrogen and oxygen atoms in total. The fourth-order valence-corrected chi connectivity index (χ4v) is 0. The quantitative estimate of drug-likeness (QED) is 0.357. The maximum Gasteiger partial charge on any atom is 0.196 e. The molecule has 0 radical (unpaired) electrons. The van der Waals surface area contributed by atoms with Gasteiger partial charge in [-0.15, -0.1) is 0 Å². The number of rotatable bonds is 1. The van der Waals surface area contributed by atoms with Gasteiger partial charge in [0.2, 0.25) is 0 Å². The van der Waals surface area contributed by atoms with Gasteiger partial charge < -0.3 is 0 Å². The van der Waals surface area contributed by atoms with Gasteiger partial charge in [-0.3, -0.25) is 4.57 Å². The number of thiocarbonyl (C=S) groups is 1. The van der Waals surface area contributed by atoms with Gasteiger partial charge in [0.1, 0.15) is 0 Å². The molecule has 0 aliphatic heterocycles. The Morgan fingerprint density at radius 1 is 2.00 bits per heavy atom. The van der Waals surface area contributed by atoms with Crippen LogP contribution in [0.1, 0.15) is 0 Å². The normalized spacial score (nSPS) is 7.00. The van der Waals surface area contributed by atoms with Crippen LogP contribution in [0.3, 0.4) is 0 Å². The second kappa shape index (κ2) is 3.19. The molecule has 22 valence electrons. The van der Waals surface area contributed by atoms with Crippen molar-refractivity contribution in [3.63, 3.8) is 0 Å². The van der Waals surface area contributed by atoms with Crippen molar-refractivity contribution >= 4 is 25.8 Å². The molecule has 0 aliphatic carbocycles. The first-order valence-electron chi connectivity index (χ1n) is 0.676. The SMILES string of the molecule is O=PC=S. The molecule has 0 amide bonds. The Labute approximate surface area is 31.2 Å². The second-order valence-corrected chi connectivity index (χ2v) is 1.26. The van der Waals surface area contributed by atoms with E-state index in [-0.39, 0.29) is 8.46 Å². The van der Waals surface area contributed by atoms with Gasteiger partial charge in [-0.2, -0.15) is 0 Å². The molecule has 4 heavy (non-hydrogen) atoms. The summed E-state index contributed by atoms with van der Waals surface area (Å²) in [5.74, 6) is 0. The Morgan fingerprint density at radius 3 is 2.25 bits per heavy atom. The fourth-order valence-electron chi connectivity index (χ4n) is 0. The van der Waals surface area contributed by atoms with Crippen molar-refractivity contribution in [3.8, 4) is 0 Å². The molecule has 0 heterocycles. The lowest BCUT2D eigenvalue weighted by molar-refractivity contribution is 0.604. The molecule has 0 atom stereocenters. The van der Waals surface area contributed by atoms with Gasteiger partial charge >= 0.3 is 0 Å². The third kappa shape index (κ3) is 2.19. The van der Waals surface area contributed by atoms with Gasteiger partial charge in [0.05, 0.1) is 5.11 Å². The summed E-state index contributed by atoms with van der Waals surface area (Å²) in [5, 5.41) is 1.12. The smallest absolute Gasteiger partial charge is 0.196 e. The minimum Gasteiger partial charge on any atom is -0.269 e. The summed E-state index contributed by atoms with van der Waals surface area (Å²) in [6.45, 7) is 0. The van der Waals surface area contributed by atoms with Crippen molar-refractivity contribution in [2.24, 2.45) is 0 Å². The summed E-state index contributed by atoms with van der Waals surface area (Å²) in [6, 6.07) is 0. The summed E-state index contributed by atoms with van der Waals surface area (Å²) in [7, 11) is -0.0617. The molecule has 0 bridgehead atoms. The maximum absolute atomic E-state index is 9.11. The minimum absolute atomic E-state index is 0.0617. The molecule has 0 aliphatic rings. The lowest BCUT2D eigenvalue weighted by atomic mass is 11.9. The highest BCUT2D eigenvalue weighted by Crippen LogP contribution is 1.76. The molecule has 0 spiro atoms. The Bertz CT molecular complexity index is 29.0. The molecule has 0 unspecified atom stereocenters. The third-order valence-electron chi connectivity index (χ3n) is 0.0430. The Kier molecular flexibility index (Phi) is 3.34. The molecule has 0 rings (SSSR count). The lowest BCUT2D eigenvalue weighted by Crippen LogP contribution is -1.18. The summed E-state index contributed by atoms with van der Waals surface area (Å²) in [6.07, 6.45) is 0. The first kappa shape index (κ1) is 4.19. The molecule has 0 aromatic rings. The van der Waals surface area contributed by atoms with Crippen molar-refractivity contribution < 1.29 is 4.57 Å². The van der Waals surface area contributed by atoms with Gasteiger partial charge in [-0.1, -0.05) is 12.2 Å². The highest BCUT2D eigenvalue weighted by molar-refractivity contribution is 7.88. The molecule has 3 heteroatoms. The standard InChI is InChI=1S/CHOPS/c2-3-1-4/h1H. The van der Waals surface area contributed by atoms with Crippen LogP contribution in [-0.2, 0) is 4.57 Å². The van der Waals surface area contributed by atoms with E-state index in [4.69, 9.17) is 4.57 Å². The Balaban J connectivity index is 2.73. The van der Waals surface area contributed by atoms with Gasteiger partial charge in [-0.25, -0.2) is 0 Å². The fraction of sp³-hybridized carbons (Fsp3) is 0. The summed E-state index contributed by atoms with van der Waals surface area (Å²) >= 11 is 4.10.